The van der Waals surface area contributed by atoms with Crippen molar-refractivity contribution in [3.05, 3.63) is 101 Å². The molecule has 0 heterocycles. The normalized spacial score (nSPS) is 17.7. The quantitative estimate of drug-likeness (QED) is 0.442. The maximum absolute atomic E-state index is 13.1. The van der Waals surface area contributed by atoms with E-state index >= 15 is 0 Å². The average Bonchev–Trinajstić information content (AvgIpc) is 3.15. The van der Waals surface area contributed by atoms with Gasteiger partial charge in [0.05, 0.1) is 0 Å². The van der Waals surface area contributed by atoms with Gasteiger partial charge in [0.25, 0.3) is 5.91 Å². The van der Waals surface area contributed by atoms with Crippen molar-refractivity contribution < 1.29 is 14.7 Å². The zero-order valence-electron chi connectivity index (χ0n) is 18.7. The summed E-state index contributed by atoms with van der Waals surface area (Å²) < 4.78 is 0. The SMILES string of the molecule is CON=C(C(=O)N(C)Cc1cc(C2CC(C)c3ccccc32)ccc1O)c1ccccc1. The summed E-state index contributed by atoms with van der Waals surface area (Å²) in [5.74, 6) is 0.688. The molecule has 0 saturated carbocycles. The smallest absolute Gasteiger partial charge is 0.276 e. The Labute approximate surface area is 189 Å². The monoisotopic (exact) mass is 428 g/mol. The molecule has 3 aromatic rings. The Morgan fingerprint density at radius 1 is 1.06 bits per heavy atom. The Kier molecular flexibility index (Phi) is 6.26. The van der Waals surface area contributed by atoms with Gasteiger partial charge in [-0.05, 0) is 41.2 Å². The first-order chi connectivity index (χ1) is 15.5. The number of amides is 1. The maximum atomic E-state index is 13.1. The molecule has 2 unspecified atom stereocenters. The van der Waals surface area contributed by atoms with Crippen LogP contribution in [0, 0.1) is 0 Å². The molecule has 32 heavy (non-hydrogen) atoms. The van der Waals surface area contributed by atoms with Crippen LogP contribution in [-0.4, -0.2) is 35.8 Å². The van der Waals surface area contributed by atoms with E-state index in [9.17, 15) is 9.90 Å². The highest BCUT2D eigenvalue weighted by molar-refractivity contribution is 6.45. The lowest BCUT2D eigenvalue weighted by molar-refractivity contribution is -0.123. The molecule has 5 heteroatoms. The first-order valence-electron chi connectivity index (χ1n) is 10.8. The molecule has 2 atom stereocenters. The van der Waals surface area contributed by atoms with Crippen molar-refractivity contribution in [3.63, 3.8) is 0 Å². The molecule has 164 valence electrons. The summed E-state index contributed by atoms with van der Waals surface area (Å²) in [5.41, 5.74) is 5.51. The summed E-state index contributed by atoms with van der Waals surface area (Å²) in [6.45, 7) is 2.52. The fourth-order valence-corrected chi connectivity index (χ4v) is 4.56. The van der Waals surface area contributed by atoms with Gasteiger partial charge in [0.1, 0.15) is 12.9 Å². The number of carbonyl (C=O) groups excluding carboxylic acids is 1. The highest BCUT2D eigenvalue weighted by Crippen LogP contribution is 2.45. The minimum absolute atomic E-state index is 0.178. The molecule has 1 aliphatic carbocycles. The zero-order chi connectivity index (χ0) is 22.7. The van der Waals surface area contributed by atoms with E-state index in [1.54, 1.807) is 18.0 Å². The van der Waals surface area contributed by atoms with Crippen molar-refractivity contribution in [2.24, 2.45) is 5.16 Å². The van der Waals surface area contributed by atoms with Crippen LogP contribution in [0.2, 0.25) is 0 Å². The first-order valence-corrected chi connectivity index (χ1v) is 10.8. The number of rotatable bonds is 6. The number of oxime groups is 1. The van der Waals surface area contributed by atoms with Crippen molar-refractivity contribution in [1.29, 1.82) is 0 Å². The predicted octanol–water partition coefficient (Wildman–Crippen LogP) is 5.04. The number of likely N-dealkylation sites (N-methyl/N-ethyl adjacent to an activating group) is 1. The molecule has 4 rings (SSSR count). The molecular formula is C27H28N2O3. The number of phenols is 1. The Morgan fingerprint density at radius 3 is 2.47 bits per heavy atom. The molecule has 0 aromatic heterocycles. The molecule has 3 aromatic carbocycles. The van der Waals surface area contributed by atoms with Crippen molar-refractivity contribution in [1.82, 2.24) is 4.90 Å². The van der Waals surface area contributed by atoms with Crippen molar-refractivity contribution in [3.8, 4) is 5.75 Å². The average molecular weight is 429 g/mol. The maximum Gasteiger partial charge on any atom is 0.276 e. The third-order valence-electron chi connectivity index (χ3n) is 6.18. The van der Waals surface area contributed by atoms with Crippen LogP contribution in [-0.2, 0) is 16.2 Å². The lowest BCUT2D eigenvalue weighted by Gasteiger charge is -2.20. The van der Waals surface area contributed by atoms with Crippen molar-refractivity contribution in [2.75, 3.05) is 14.2 Å². The van der Waals surface area contributed by atoms with E-state index < -0.39 is 0 Å². The largest absolute Gasteiger partial charge is 0.508 e. The molecule has 5 nitrogen and oxygen atoms in total. The van der Waals surface area contributed by atoms with Gasteiger partial charge >= 0.3 is 0 Å². The predicted molar refractivity (Wildman–Crippen MR) is 126 cm³/mol. The van der Waals surface area contributed by atoms with E-state index in [4.69, 9.17) is 4.84 Å². The number of nitrogens with zero attached hydrogens (tertiary/aromatic N) is 2. The highest BCUT2D eigenvalue weighted by Gasteiger charge is 2.29. The first kappa shape index (κ1) is 21.6. The Morgan fingerprint density at radius 2 is 1.75 bits per heavy atom. The lowest BCUT2D eigenvalue weighted by Crippen LogP contribution is -2.33. The molecular weight excluding hydrogens is 400 g/mol. The van der Waals surface area contributed by atoms with Crippen molar-refractivity contribution in [2.45, 2.75) is 31.7 Å². The number of aromatic hydroxyl groups is 1. The molecule has 0 aliphatic heterocycles. The molecule has 0 radical (unpaired) electrons. The van der Waals surface area contributed by atoms with Gasteiger partial charge in [-0.2, -0.15) is 0 Å². The van der Waals surface area contributed by atoms with E-state index in [0.29, 0.717) is 17.0 Å². The Bertz CT molecular complexity index is 1140. The molecule has 1 amide bonds. The van der Waals surface area contributed by atoms with Gasteiger partial charge in [-0.3, -0.25) is 4.79 Å². The van der Waals surface area contributed by atoms with Gasteiger partial charge in [-0.15, -0.1) is 0 Å². The van der Waals surface area contributed by atoms with E-state index in [-0.39, 0.29) is 29.8 Å². The van der Waals surface area contributed by atoms with Crippen LogP contribution in [0.5, 0.6) is 5.75 Å². The van der Waals surface area contributed by atoms with Gasteiger partial charge in [0.15, 0.2) is 5.71 Å². The number of phenolic OH excluding ortho intramolecular Hbond substituents is 1. The van der Waals surface area contributed by atoms with Gasteiger partial charge in [-0.1, -0.05) is 72.7 Å². The van der Waals surface area contributed by atoms with E-state index in [1.807, 2.05) is 42.5 Å². The second-order valence-electron chi connectivity index (χ2n) is 8.36. The van der Waals surface area contributed by atoms with Crippen molar-refractivity contribution >= 4 is 11.6 Å². The van der Waals surface area contributed by atoms with Crippen LogP contribution < -0.4 is 0 Å². The van der Waals surface area contributed by atoms with Gasteiger partial charge in [0, 0.05) is 30.6 Å². The summed E-state index contributed by atoms with van der Waals surface area (Å²) in [6, 6.07) is 23.5. The Hall–Kier alpha value is -3.60. The van der Waals surface area contributed by atoms with Crippen LogP contribution >= 0.6 is 0 Å². The van der Waals surface area contributed by atoms with Crippen LogP contribution in [0.3, 0.4) is 0 Å². The standard InChI is InChI=1S/C27H28N2O3/c1-18-15-24(23-12-8-7-11-22(18)23)20-13-14-25(30)21(16-20)17-29(2)27(31)26(28-32-3)19-9-5-4-6-10-19/h4-14,16,18,24,30H,15,17H2,1-3H3. The fourth-order valence-electron chi connectivity index (χ4n) is 4.56. The summed E-state index contributed by atoms with van der Waals surface area (Å²) >= 11 is 0. The van der Waals surface area contributed by atoms with Crippen LogP contribution in [0.4, 0.5) is 0 Å². The number of hydrogen-bond donors (Lipinski definition) is 1. The third-order valence-corrected chi connectivity index (χ3v) is 6.18. The zero-order valence-corrected chi connectivity index (χ0v) is 18.7. The van der Waals surface area contributed by atoms with Crippen LogP contribution in [0.25, 0.3) is 0 Å². The van der Waals surface area contributed by atoms with E-state index in [2.05, 4.69) is 36.3 Å². The summed E-state index contributed by atoms with van der Waals surface area (Å²) in [4.78, 5) is 19.6. The van der Waals surface area contributed by atoms with E-state index in [1.165, 1.54) is 18.2 Å². The summed E-state index contributed by atoms with van der Waals surface area (Å²) in [5, 5.41) is 14.5. The molecule has 0 fully saturated rings. The molecule has 1 aliphatic rings. The highest BCUT2D eigenvalue weighted by atomic mass is 16.6. The number of fused-ring (bicyclic) bond motifs is 1. The third kappa shape index (κ3) is 4.24. The second-order valence-corrected chi connectivity index (χ2v) is 8.36. The summed E-state index contributed by atoms with van der Waals surface area (Å²) in [6.07, 6.45) is 1.04. The number of benzene rings is 3. The topological polar surface area (TPSA) is 62.1 Å². The number of hydrogen-bond acceptors (Lipinski definition) is 4. The molecule has 1 N–H and O–H groups in total. The Balaban J connectivity index is 1.59. The summed E-state index contributed by atoms with van der Waals surface area (Å²) in [7, 11) is 3.13. The van der Waals surface area contributed by atoms with Gasteiger partial charge < -0.3 is 14.8 Å². The lowest BCUT2D eigenvalue weighted by atomic mass is 9.91. The minimum Gasteiger partial charge on any atom is -0.508 e. The van der Waals surface area contributed by atoms with E-state index in [0.717, 1.165) is 12.0 Å². The number of carbonyl (C=O) groups is 1. The molecule has 0 bridgehead atoms. The van der Waals surface area contributed by atoms with Crippen LogP contribution in [0.15, 0.2) is 78.0 Å². The van der Waals surface area contributed by atoms with Gasteiger partial charge in [-0.25, -0.2) is 0 Å². The molecule has 0 saturated heterocycles. The van der Waals surface area contributed by atoms with Gasteiger partial charge in [0.2, 0.25) is 0 Å². The van der Waals surface area contributed by atoms with Crippen LogP contribution in [0.1, 0.15) is 53.0 Å². The fraction of sp³-hybridized carbons (Fsp3) is 0.259. The molecule has 0 spiro atoms. The second kappa shape index (κ2) is 9.27. The minimum atomic E-state index is -0.275.